The Morgan fingerprint density at radius 1 is 1.48 bits per heavy atom. The molecule has 2 rings (SSSR count). The van der Waals surface area contributed by atoms with E-state index in [1.165, 1.54) is 11.0 Å². The number of anilines is 1. The largest absolute Gasteiger partial charge is 0.369 e. The molecule has 1 aromatic rings. The number of benzene rings is 1. The molecule has 1 aromatic carbocycles. The van der Waals surface area contributed by atoms with E-state index in [2.05, 4.69) is 20.5 Å². The molecule has 1 atom stereocenters. The molecule has 0 aliphatic carbocycles. The van der Waals surface area contributed by atoms with E-state index in [0.717, 1.165) is 37.5 Å². The molecular formula is C18H27ClFN5OS. The van der Waals surface area contributed by atoms with Crippen molar-refractivity contribution in [3.8, 4) is 0 Å². The van der Waals surface area contributed by atoms with Gasteiger partial charge < -0.3 is 20.4 Å². The number of likely N-dealkylation sites (N-methyl/N-ethyl adjacent to an activating group) is 1. The van der Waals surface area contributed by atoms with Crippen LogP contribution in [-0.2, 0) is 4.79 Å². The maximum Gasteiger partial charge on any atom is 0.243 e. The first-order valence-corrected chi connectivity index (χ1v) is 10.6. The summed E-state index contributed by atoms with van der Waals surface area (Å²) in [4.78, 5) is 19.9. The second-order valence-corrected chi connectivity index (χ2v) is 7.94. The van der Waals surface area contributed by atoms with Gasteiger partial charge in [-0.05, 0) is 30.9 Å². The number of guanidine groups is 1. The monoisotopic (exact) mass is 415 g/mol. The highest BCUT2D eigenvalue weighted by atomic mass is 35.5. The number of hydrogen-bond donors (Lipinski definition) is 2. The fraction of sp³-hybridized carbons (Fsp3) is 0.556. The molecule has 27 heavy (non-hydrogen) atoms. The predicted molar refractivity (Wildman–Crippen MR) is 113 cm³/mol. The Labute approximate surface area is 169 Å². The van der Waals surface area contributed by atoms with Gasteiger partial charge in [-0.25, -0.2) is 9.38 Å². The van der Waals surface area contributed by atoms with Crippen LogP contribution in [0.15, 0.2) is 23.2 Å². The molecule has 1 amide bonds. The highest BCUT2D eigenvalue weighted by Gasteiger charge is 2.24. The minimum atomic E-state index is -0.409. The Kier molecular flexibility index (Phi) is 8.50. The zero-order valence-electron chi connectivity index (χ0n) is 16.0. The summed E-state index contributed by atoms with van der Waals surface area (Å²) in [6.07, 6.45) is 2.94. The van der Waals surface area contributed by atoms with Crippen molar-refractivity contribution < 1.29 is 9.18 Å². The first kappa shape index (κ1) is 21.6. The highest BCUT2D eigenvalue weighted by Crippen LogP contribution is 2.25. The Balaban J connectivity index is 1.96. The van der Waals surface area contributed by atoms with Crippen LogP contribution < -0.4 is 15.5 Å². The molecule has 1 aliphatic heterocycles. The zero-order chi connectivity index (χ0) is 19.8. The minimum absolute atomic E-state index is 0.0503. The normalized spacial score (nSPS) is 17.1. The van der Waals surface area contributed by atoms with Crippen molar-refractivity contribution in [2.45, 2.75) is 12.5 Å². The third-order valence-corrected chi connectivity index (χ3v) is 5.19. The van der Waals surface area contributed by atoms with Crippen LogP contribution in [0.25, 0.3) is 0 Å². The molecule has 0 aromatic heterocycles. The molecular weight excluding hydrogens is 389 g/mol. The van der Waals surface area contributed by atoms with Gasteiger partial charge in [0.25, 0.3) is 0 Å². The second-order valence-electron chi connectivity index (χ2n) is 6.55. The van der Waals surface area contributed by atoms with Gasteiger partial charge in [0.1, 0.15) is 12.4 Å². The molecule has 150 valence electrons. The van der Waals surface area contributed by atoms with Crippen LogP contribution in [0.3, 0.4) is 0 Å². The summed E-state index contributed by atoms with van der Waals surface area (Å²) >= 11 is 7.51. The lowest BCUT2D eigenvalue weighted by atomic mass is 10.2. The SMILES string of the molecule is CSCCNC(=NCC(=O)N(C)C)NC1CCN(c2ccc(Cl)c(F)c2)C1. The van der Waals surface area contributed by atoms with Gasteiger partial charge in [0, 0.05) is 51.2 Å². The van der Waals surface area contributed by atoms with E-state index in [9.17, 15) is 9.18 Å². The summed E-state index contributed by atoms with van der Waals surface area (Å²) in [5.41, 5.74) is 0.817. The van der Waals surface area contributed by atoms with Crippen LogP contribution in [0.1, 0.15) is 6.42 Å². The van der Waals surface area contributed by atoms with Crippen LogP contribution >= 0.6 is 23.4 Å². The van der Waals surface area contributed by atoms with Crippen LogP contribution in [0.5, 0.6) is 0 Å². The van der Waals surface area contributed by atoms with Crippen LogP contribution in [0.4, 0.5) is 10.1 Å². The average molecular weight is 416 g/mol. The Morgan fingerprint density at radius 2 is 2.26 bits per heavy atom. The molecule has 1 fully saturated rings. The Morgan fingerprint density at radius 3 is 2.93 bits per heavy atom. The third kappa shape index (κ3) is 6.77. The molecule has 0 radical (unpaired) electrons. The second kappa shape index (κ2) is 10.6. The van der Waals surface area contributed by atoms with E-state index in [1.54, 1.807) is 31.9 Å². The number of hydrogen-bond acceptors (Lipinski definition) is 4. The number of nitrogens with one attached hydrogen (secondary N) is 2. The van der Waals surface area contributed by atoms with Crippen molar-refractivity contribution in [3.63, 3.8) is 0 Å². The number of carbonyl (C=O) groups is 1. The maximum absolute atomic E-state index is 13.7. The smallest absolute Gasteiger partial charge is 0.243 e. The van der Waals surface area contributed by atoms with Crippen molar-refractivity contribution >= 4 is 40.9 Å². The Hall–Kier alpha value is -1.67. The van der Waals surface area contributed by atoms with Gasteiger partial charge >= 0.3 is 0 Å². The van der Waals surface area contributed by atoms with E-state index in [-0.39, 0.29) is 23.5 Å². The van der Waals surface area contributed by atoms with E-state index >= 15 is 0 Å². The molecule has 1 unspecified atom stereocenters. The van der Waals surface area contributed by atoms with Crippen LogP contribution in [0.2, 0.25) is 5.02 Å². The highest BCUT2D eigenvalue weighted by molar-refractivity contribution is 7.98. The Bertz CT molecular complexity index is 673. The number of aliphatic imine (C=N–C) groups is 1. The minimum Gasteiger partial charge on any atom is -0.369 e. The summed E-state index contributed by atoms with van der Waals surface area (Å²) in [7, 11) is 3.43. The maximum atomic E-state index is 13.7. The lowest BCUT2D eigenvalue weighted by Gasteiger charge is -2.21. The molecule has 2 N–H and O–H groups in total. The van der Waals surface area contributed by atoms with Crippen LogP contribution in [-0.4, -0.2) is 75.1 Å². The number of rotatable bonds is 7. The number of thioether (sulfide) groups is 1. The van der Waals surface area contributed by atoms with Gasteiger partial charge in [-0.15, -0.1) is 0 Å². The number of nitrogens with zero attached hydrogens (tertiary/aromatic N) is 3. The van der Waals surface area contributed by atoms with E-state index in [1.807, 2.05) is 12.3 Å². The van der Waals surface area contributed by atoms with Gasteiger partial charge in [0.15, 0.2) is 5.96 Å². The van der Waals surface area contributed by atoms with E-state index in [0.29, 0.717) is 5.96 Å². The van der Waals surface area contributed by atoms with Crippen molar-refractivity contribution in [3.05, 3.63) is 29.0 Å². The molecule has 1 saturated heterocycles. The molecule has 1 heterocycles. The van der Waals surface area contributed by atoms with Gasteiger partial charge in [-0.1, -0.05) is 11.6 Å². The van der Waals surface area contributed by atoms with E-state index in [4.69, 9.17) is 11.6 Å². The molecule has 6 nitrogen and oxygen atoms in total. The number of halogens is 2. The van der Waals surface area contributed by atoms with Crippen molar-refractivity contribution in [2.24, 2.45) is 4.99 Å². The summed E-state index contributed by atoms with van der Waals surface area (Å²) in [5, 5.41) is 6.79. The number of carbonyl (C=O) groups excluding carboxylic acids is 1. The standard InChI is InChI=1S/C18H27ClFN5OS/c1-24(2)17(26)11-22-18(21-7-9-27-3)23-13-6-8-25(12-13)14-4-5-15(19)16(20)10-14/h4-5,10,13H,6-9,11-12H2,1-3H3,(H2,21,22,23). The van der Waals surface area contributed by atoms with Crippen LogP contribution in [0, 0.1) is 5.82 Å². The number of amides is 1. The van der Waals surface area contributed by atoms with Crippen molar-refractivity contribution in [2.75, 3.05) is 57.2 Å². The average Bonchev–Trinajstić information content (AvgIpc) is 3.10. The molecule has 0 bridgehead atoms. The lowest BCUT2D eigenvalue weighted by molar-refractivity contribution is -0.127. The summed E-state index contributed by atoms with van der Waals surface area (Å²) < 4.78 is 13.7. The molecule has 1 aliphatic rings. The fourth-order valence-electron chi connectivity index (χ4n) is 2.70. The summed E-state index contributed by atoms with van der Waals surface area (Å²) in [5.74, 6) is 1.12. The first-order chi connectivity index (χ1) is 12.9. The van der Waals surface area contributed by atoms with Gasteiger partial charge in [-0.2, -0.15) is 11.8 Å². The predicted octanol–water partition coefficient (Wildman–Crippen LogP) is 2.04. The third-order valence-electron chi connectivity index (χ3n) is 4.27. The van der Waals surface area contributed by atoms with Gasteiger partial charge in [0.05, 0.1) is 5.02 Å². The molecule has 0 spiro atoms. The molecule has 0 saturated carbocycles. The molecule has 9 heteroatoms. The van der Waals surface area contributed by atoms with Gasteiger partial charge in [-0.3, -0.25) is 4.79 Å². The summed E-state index contributed by atoms with van der Waals surface area (Å²) in [6, 6.07) is 5.04. The summed E-state index contributed by atoms with van der Waals surface area (Å²) in [6.45, 7) is 2.40. The fourth-order valence-corrected chi connectivity index (χ4v) is 3.12. The van der Waals surface area contributed by atoms with Crippen molar-refractivity contribution in [1.82, 2.24) is 15.5 Å². The van der Waals surface area contributed by atoms with Gasteiger partial charge in [0.2, 0.25) is 5.91 Å². The van der Waals surface area contributed by atoms with Crippen molar-refractivity contribution in [1.29, 1.82) is 0 Å². The quantitative estimate of drug-likeness (QED) is 0.405. The van der Waals surface area contributed by atoms with E-state index < -0.39 is 5.82 Å². The first-order valence-electron chi connectivity index (χ1n) is 8.84. The lowest BCUT2D eigenvalue weighted by Crippen LogP contribution is -2.45. The zero-order valence-corrected chi connectivity index (χ0v) is 17.5. The topological polar surface area (TPSA) is 60.0 Å².